The van der Waals surface area contributed by atoms with Gasteiger partial charge in [-0.05, 0) is 33.8 Å². The van der Waals surface area contributed by atoms with Crippen LogP contribution >= 0.6 is 0 Å². The van der Waals surface area contributed by atoms with Crippen molar-refractivity contribution in [3.8, 4) is 0 Å². The Labute approximate surface area is 113 Å². The number of carboxylic acid groups (broad SMARTS) is 1. The fourth-order valence-electron chi connectivity index (χ4n) is 1.59. The van der Waals surface area contributed by atoms with Crippen LogP contribution in [0.2, 0.25) is 0 Å². The predicted octanol–water partition coefficient (Wildman–Crippen LogP) is 2.46. The van der Waals surface area contributed by atoms with Crippen LogP contribution in [-0.2, 0) is 11.2 Å². The first-order valence-electron chi connectivity index (χ1n) is 6.25. The van der Waals surface area contributed by atoms with Gasteiger partial charge in [0.2, 0.25) is 0 Å². The second-order valence-electron chi connectivity index (χ2n) is 5.62. The topological polar surface area (TPSA) is 79.5 Å². The fourth-order valence-corrected chi connectivity index (χ4v) is 1.59. The molecule has 1 heterocycles. The zero-order valence-electron chi connectivity index (χ0n) is 12.0. The summed E-state index contributed by atoms with van der Waals surface area (Å²) in [5.41, 5.74) is -1.52. The van der Waals surface area contributed by atoms with Crippen molar-refractivity contribution in [2.45, 2.75) is 46.6 Å². The van der Waals surface area contributed by atoms with E-state index in [2.05, 4.69) is 5.32 Å². The zero-order valence-corrected chi connectivity index (χ0v) is 12.0. The van der Waals surface area contributed by atoms with Crippen LogP contribution in [0.3, 0.4) is 0 Å². The molecule has 19 heavy (non-hydrogen) atoms. The SMILES string of the molecule is CCc1occc1C(=O)NC(C)(C)C(C)(C)C(=O)O. The monoisotopic (exact) mass is 267 g/mol. The van der Waals surface area contributed by atoms with Crippen LogP contribution in [0.5, 0.6) is 0 Å². The number of hydrogen-bond acceptors (Lipinski definition) is 3. The molecule has 0 unspecified atom stereocenters. The summed E-state index contributed by atoms with van der Waals surface area (Å²) < 4.78 is 5.21. The Kier molecular flexibility index (Phi) is 4.08. The number of nitrogens with one attached hydrogen (secondary N) is 1. The fraction of sp³-hybridized carbons (Fsp3) is 0.571. The first kappa shape index (κ1) is 15.3. The normalized spacial score (nSPS) is 12.3. The highest BCUT2D eigenvalue weighted by molar-refractivity contribution is 5.96. The van der Waals surface area contributed by atoms with Crippen LogP contribution in [-0.4, -0.2) is 22.5 Å². The van der Waals surface area contributed by atoms with Gasteiger partial charge in [-0.3, -0.25) is 9.59 Å². The molecular formula is C14H21NO4. The predicted molar refractivity (Wildman–Crippen MR) is 71.0 cm³/mol. The summed E-state index contributed by atoms with van der Waals surface area (Å²) in [5.74, 6) is -0.674. The molecule has 1 aromatic heterocycles. The molecule has 0 saturated heterocycles. The average molecular weight is 267 g/mol. The molecule has 0 aromatic carbocycles. The maximum Gasteiger partial charge on any atom is 0.311 e. The molecule has 0 spiro atoms. The van der Waals surface area contributed by atoms with Crippen LogP contribution in [0.4, 0.5) is 0 Å². The molecule has 0 saturated carbocycles. The largest absolute Gasteiger partial charge is 0.481 e. The Bertz CT molecular complexity index is 485. The van der Waals surface area contributed by atoms with E-state index < -0.39 is 16.9 Å². The maximum atomic E-state index is 12.2. The van der Waals surface area contributed by atoms with Crippen molar-refractivity contribution >= 4 is 11.9 Å². The molecule has 1 rings (SSSR count). The molecule has 1 amide bonds. The molecule has 0 aliphatic heterocycles. The Hall–Kier alpha value is -1.78. The van der Waals surface area contributed by atoms with Gasteiger partial charge in [-0.25, -0.2) is 0 Å². The van der Waals surface area contributed by atoms with Crippen LogP contribution in [0.25, 0.3) is 0 Å². The zero-order chi connectivity index (χ0) is 14.8. The number of amides is 1. The van der Waals surface area contributed by atoms with E-state index in [0.717, 1.165) is 0 Å². The summed E-state index contributed by atoms with van der Waals surface area (Å²) in [6, 6.07) is 1.60. The summed E-state index contributed by atoms with van der Waals surface area (Å²) in [4.78, 5) is 23.5. The van der Waals surface area contributed by atoms with Gasteiger partial charge in [0.05, 0.1) is 22.8 Å². The molecule has 106 valence electrons. The van der Waals surface area contributed by atoms with Crippen LogP contribution < -0.4 is 5.32 Å². The molecular weight excluding hydrogens is 246 g/mol. The van der Waals surface area contributed by atoms with E-state index in [1.165, 1.54) is 6.26 Å². The molecule has 0 aliphatic carbocycles. The molecule has 1 aromatic rings. The lowest BCUT2D eigenvalue weighted by molar-refractivity contribution is -0.150. The number of carbonyl (C=O) groups excluding carboxylic acids is 1. The van der Waals surface area contributed by atoms with Gasteiger partial charge in [0, 0.05) is 6.42 Å². The summed E-state index contributed by atoms with van der Waals surface area (Å²) in [6.07, 6.45) is 2.07. The molecule has 5 nitrogen and oxygen atoms in total. The highest BCUT2D eigenvalue weighted by Crippen LogP contribution is 2.31. The lowest BCUT2D eigenvalue weighted by Gasteiger charge is -2.38. The quantitative estimate of drug-likeness (QED) is 0.858. The Morgan fingerprint density at radius 2 is 1.89 bits per heavy atom. The molecule has 0 bridgehead atoms. The third kappa shape index (κ3) is 2.80. The Balaban J connectivity index is 2.96. The van der Waals surface area contributed by atoms with E-state index in [1.807, 2.05) is 6.92 Å². The van der Waals surface area contributed by atoms with Crippen molar-refractivity contribution in [1.29, 1.82) is 0 Å². The molecule has 0 fully saturated rings. The van der Waals surface area contributed by atoms with E-state index in [9.17, 15) is 14.7 Å². The van der Waals surface area contributed by atoms with E-state index in [1.54, 1.807) is 33.8 Å². The van der Waals surface area contributed by atoms with Gasteiger partial charge < -0.3 is 14.8 Å². The molecule has 2 N–H and O–H groups in total. The smallest absolute Gasteiger partial charge is 0.311 e. The van der Waals surface area contributed by atoms with Gasteiger partial charge in [-0.2, -0.15) is 0 Å². The number of hydrogen-bond donors (Lipinski definition) is 2. The minimum absolute atomic E-state index is 0.315. The number of carbonyl (C=O) groups is 2. The van der Waals surface area contributed by atoms with Crippen molar-refractivity contribution in [2.75, 3.05) is 0 Å². The van der Waals surface area contributed by atoms with Crippen molar-refractivity contribution in [3.05, 3.63) is 23.7 Å². The number of furan rings is 1. The summed E-state index contributed by atoms with van der Waals surface area (Å²) >= 11 is 0. The third-order valence-corrected chi connectivity index (χ3v) is 3.83. The number of carboxylic acids is 1. The van der Waals surface area contributed by atoms with Gasteiger partial charge in [0.1, 0.15) is 5.76 Å². The van der Waals surface area contributed by atoms with E-state index in [0.29, 0.717) is 17.7 Å². The van der Waals surface area contributed by atoms with Crippen molar-refractivity contribution < 1.29 is 19.1 Å². The first-order valence-corrected chi connectivity index (χ1v) is 6.25. The summed E-state index contributed by atoms with van der Waals surface area (Å²) in [7, 11) is 0. The minimum Gasteiger partial charge on any atom is -0.481 e. The van der Waals surface area contributed by atoms with Gasteiger partial charge in [-0.1, -0.05) is 6.92 Å². The average Bonchev–Trinajstić information content (AvgIpc) is 2.75. The van der Waals surface area contributed by atoms with Gasteiger partial charge in [0.25, 0.3) is 5.91 Å². The van der Waals surface area contributed by atoms with Crippen molar-refractivity contribution in [2.24, 2.45) is 5.41 Å². The second-order valence-corrected chi connectivity index (χ2v) is 5.62. The summed E-state index contributed by atoms with van der Waals surface area (Å²) in [6.45, 7) is 8.47. The molecule has 0 radical (unpaired) electrons. The Morgan fingerprint density at radius 1 is 1.32 bits per heavy atom. The summed E-state index contributed by atoms with van der Waals surface area (Å²) in [5, 5.41) is 12.0. The van der Waals surface area contributed by atoms with Gasteiger partial charge in [-0.15, -0.1) is 0 Å². The lowest BCUT2D eigenvalue weighted by Crippen LogP contribution is -2.57. The minimum atomic E-state index is -1.08. The first-order chi connectivity index (χ1) is 8.63. The Morgan fingerprint density at radius 3 is 2.37 bits per heavy atom. The highest BCUT2D eigenvalue weighted by Gasteiger charge is 2.44. The third-order valence-electron chi connectivity index (χ3n) is 3.83. The molecule has 0 aliphatic rings. The van der Waals surface area contributed by atoms with E-state index in [4.69, 9.17) is 4.42 Å². The number of rotatable bonds is 5. The van der Waals surface area contributed by atoms with E-state index in [-0.39, 0.29) is 5.91 Å². The maximum absolute atomic E-state index is 12.2. The highest BCUT2D eigenvalue weighted by atomic mass is 16.4. The van der Waals surface area contributed by atoms with Gasteiger partial charge >= 0.3 is 5.97 Å². The molecule has 5 heteroatoms. The number of aliphatic carboxylic acids is 1. The van der Waals surface area contributed by atoms with Crippen LogP contribution in [0.15, 0.2) is 16.7 Å². The second kappa shape index (κ2) is 5.07. The van der Waals surface area contributed by atoms with Crippen LogP contribution in [0, 0.1) is 5.41 Å². The van der Waals surface area contributed by atoms with Crippen molar-refractivity contribution in [1.82, 2.24) is 5.32 Å². The molecule has 0 atom stereocenters. The van der Waals surface area contributed by atoms with Gasteiger partial charge in [0.15, 0.2) is 0 Å². The standard InChI is InChI=1S/C14H21NO4/c1-6-10-9(7-8-19-10)11(16)15-14(4,5)13(2,3)12(17)18/h7-8H,6H2,1-5H3,(H,15,16)(H,17,18). The van der Waals surface area contributed by atoms with Crippen molar-refractivity contribution in [3.63, 3.8) is 0 Å². The number of aryl methyl sites for hydroxylation is 1. The van der Waals surface area contributed by atoms with Crippen LogP contribution in [0.1, 0.15) is 50.7 Å². The van der Waals surface area contributed by atoms with E-state index >= 15 is 0 Å². The lowest BCUT2D eigenvalue weighted by atomic mass is 9.74.